The lowest BCUT2D eigenvalue weighted by atomic mass is 9.84. The first-order valence-electron chi connectivity index (χ1n) is 5.83. The number of pyridine rings is 1. The monoisotopic (exact) mass is 235 g/mol. The summed E-state index contributed by atoms with van der Waals surface area (Å²) in [5.41, 5.74) is 6.46. The Morgan fingerprint density at radius 3 is 2.71 bits per heavy atom. The van der Waals surface area contributed by atoms with E-state index < -0.39 is 0 Å². The van der Waals surface area contributed by atoms with Crippen molar-refractivity contribution in [2.24, 2.45) is 17.1 Å². The van der Waals surface area contributed by atoms with Gasteiger partial charge in [0.05, 0.1) is 17.8 Å². The fourth-order valence-corrected chi connectivity index (χ4v) is 1.70. The van der Waals surface area contributed by atoms with E-state index >= 15 is 0 Å². The second-order valence-electron chi connectivity index (χ2n) is 5.43. The van der Waals surface area contributed by atoms with E-state index in [1.165, 1.54) is 0 Å². The number of nitrogens with one attached hydrogen (secondary N) is 1. The molecule has 17 heavy (non-hydrogen) atoms. The Kier molecular flexibility index (Phi) is 4.63. The van der Waals surface area contributed by atoms with E-state index in [9.17, 15) is 4.79 Å². The minimum atomic E-state index is -0.157. The molecule has 0 aliphatic heterocycles. The predicted molar refractivity (Wildman–Crippen MR) is 69.5 cm³/mol. The number of hydrogen-bond acceptors (Lipinski definition) is 3. The van der Waals surface area contributed by atoms with Gasteiger partial charge in [-0.1, -0.05) is 20.8 Å². The normalized spacial score (nSPS) is 13.2. The summed E-state index contributed by atoms with van der Waals surface area (Å²) in [7, 11) is 0. The molecule has 3 N–H and O–H groups in total. The van der Waals surface area contributed by atoms with Crippen LogP contribution in [0.2, 0.25) is 0 Å². The SMILES string of the molecule is CC(C)(C)CC(CN)C(=O)Nc1cccnc1. The lowest BCUT2D eigenvalue weighted by Crippen LogP contribution is -2.32. The summed E-state index contributed by atoms with van der Waals surface area (Å²) in [4.78, 5) is 16.0. The van der Waals surface area contributed by atoms with Gasteiger partial charge < -0.3 is 11.1 Å². The Labute approximate surface area is 103 Å². The summed E-state index contributed by atoms with van der Waals surface area (Å²) >= 11 is 0. The summed E-state index contributed by atoms with van der Waals surface area (Å²) in [5.74, 6) is -0.189. The fraction of sp³-hybridized carbons (Fsp3) is 0.538. The van der Waals surface area contributed by atoms with Crippen LogP contribution in [0.4, 0.5) is 5.69 Å². The van der Waals surface area contributed by atoms with Crippen LogP contribution in [0.15, 0.2) is 24.5 Å². The van der Waals surface area contributed by atoms with Crippen LogP contribution in [0.1, 0.15) is 27.2 Å². The van der Waals surface area contributed by atoms with E-state index in [0.29, 0.717) is 12.2 Å². The Bertz CT molecular complexity index is 357. The molecule has 0 fully saturated rings. The summed E-state index contributed by atoms with van der Waals surface area (Å²) < 4.78 is 0. The number of carbonyl (C=O) groups excluding carboxylic acids is 1. The zero-order valence-electron chi connectivity index (χ0n) is 10.7. The van der Waals surface area contributed by atoms with Crippen LogP contribution in [-0.2, 0) is 4.79 Å². The quantitative estimate of drug-likeness (QED) is 0.839. The van der Waals surface area contributed by atoms with Gasteiger partial charge in [0.2, 0.25) is 5.91 Å². The fourth-order valence-electron chi connectivity index (χ4n) is 1.70. The van der Waals surface area contributed by atoms with Crippen molar-refractivity contribution in [1.29, 1.82) is 0 Å². The third kappa shape index (κ3) is 4.95. The molecule has 0 spiro atoms. The van der Waals surface area contributed by atoms with E-state index in [1.54, 1.807) is 18.5 Å². The van der Waals surface area contributed by atoms with E-state index in [2.05, 4.69) is 31.1 Å². The number of rotatable bonds is 4. The van der Waals surface area contributed by atoms with E-state index in [-0.39, 0.29) is 17.2 Å². The van der Waals surface area contributed by atoms with Gasteiger partial charge in [0.25, 0.3) is 0 Å². The van der Waals surface area contributed by atoms with Crippen molar-refractivity contribution in [3.63, 3.8) is 0 Å². The third-order valence-corrected chi connectivity index (χ3v) is 2.44. The number of nitrogens with two attached hydrogens (primary N) is 1. The number of anilines is 1. The highest BCUT2D eigenvalue weighted by Crippen LogP contribution is 2.24. The van der Waals surface area contributed by atoms with Crippen molar-refractivity contribution in [3.05, 3.63) is 24.5 Å². The van der Waals surface area contributed by atoms with E-state index in [0.717, 1.165) is 6.42 Å². The van der Waals surface area contributed by atoms with Crippen LogP contribution in [0.25, 0.3) is 0 Å². The molecule has 1 rings (SSSR count). The summed E-state index contributed by atoms with van der Waals surface area (Å²) in [6, 6.07) is 3.60. The zero-order chi connectivity index (χ0) is 12.9. The lowest BCUT2D eigenvalue weighted by molar-refractivity contribution is -0.120. The first-order valence-corrected chi connectivity index (χ1v) is 5.83. The Hall–Kier alpha value is -1.42. The average Bonchev–Trinajstić information content (AvgIpc) is 2.26. The molecule has 1 atom stereocenters. The van der Waals surface area contributed by atoms with Crippen LogP contribution in [-0.4, -0.2) is 17.4 Å². The molecular formula is C13H21N3O. The van der Waals surface area contributed by atoms with Gasteiger partial charge >= 0.3 is 0 Å². The minimum Gasteiger partial charge on any atom is -0.330 e. The maximum absolute atomic E-state index is 12.0. The minimum absolute atomic E-state index is 0.0320. The van der Waals surface area contributed by atoms with Crippen molar-refractivity contribution >= 4 is 11.6 Å². The number of amides is 1. The van der Waals surface area contributed by atoms with Gasteiger partial charge in [-0.2, -0.15) is 0 Å². The van der Waals surface area contributed by atoms with E-state index in [4.69, 9.17) is 5.73 Å². The number of nitrogens with zero attached hydrogens (tertiary/aromatic N) is 1. The number of carbonyl (C=O) groups is 1. The molecule has 0 aromatic carbocycles. The molecule has 0 saturated heterocycles. The molecule has 1 aromatic heterocycles. The first-order chi connectivity index (χ1) is 7.92. The largest absolute Gasteiger partial charge is 0.330 e. The highest BCUT2D eigenvalue weighted by Gasteiger charge is 2.23. The summed E-state index contributed by atoms with van der Waals surface area (Å²) in [6.07, 6.45) is 4.07. The van der Waals surface area contributed by atoms with Gasteiger partial charge in [0.1, 0.15) is 0 Å². The Balaban J connectivity index is 2.62. The molecule has 0 saturated carbocycles. The van der Waals surface area contributed by atoms with Gasteiger partial charge in [0, 0.05) is 12.7 Å². The molecule has 0 radical (unpaired) electrons. The van der Waals surface area contributed by atoms with Crippen LogP contribution in [0, 0.1) is 11.3 Å². The van der Waals surface area contributed by atoms with Crippen molar-refractivity contribution in [2.75, 3.05) is 11.9 Å². The molecule has 94 valence electrons. The highest BCUT2D eigenvalue weighted by molar-refractivity contribution is 5.92. The van der Waals surface area contributed by atoms with Gasteiger partial charge in [0.15, 0.2) is 0 Å². The maximum atomic E-state index is 12.0. The van der Waals surface area contributed by atoms with E-state index in [1.807, 2.05) is 6.07 Å². The molecule has 1 aromatic rings. The molecule has 4 heteroatoms. The van der Waals surface area contributed by atoms with Crippen molar-refractivity contribution < 1.29 is 4.79 Å². The average molecular weight is 235 g/mol. The van der Waals surface area contributed by atoms with Crippen molar-refractivity contribution in [2.45, 2.75) is 27.2 Å². The number of hydrogen-bond donors (Lipinski definition) is 2. The van der Waals surface area contributed by atoms with Crippen LogP contribution in [0.5, 0.6) is 0 Å². The molecule has 0 aliphatic rings. The van der Waals surface area contributed by atoms with Crippen LogP contribution in [0.3, 0.4) is 0 Å². The molecule has 1 heterocycles. The van der Waals surface area contributed by atoms with Gasteiger partial charge in [-0.05, 0) is 24.0 Å². The van der Waals surface area contributed by atoms with Gasteiger partial charge in [-0.15, -0.1) is 0 Å². The Morgan fingerprint density at radius 1 is 1.53 bits per heavy atom. The lowest BCUT2D eigenvalue weighted by Gasteiger charge is -2.24. The molecular weight excluding hydrogens is 214 g/mol. The molecule has 0 bridgehead atoms. The maximum Gasteiger partial charge on any atom is 0.228 e. The second kappa shape index (κ2) is 5.77. The second-order valence-corrected chi connectivity index (χ2v) is 5.43. The Morgan fingerprint density at radius 2 is 2.24 bits per heavy atom. The molecule has 1 unspecified atom stereocenters. The van der Waals surface area contributed by atoms with Crippen molar-refractivity contribution in [3.8, 4) is 0 Å². The summed E-state index contributed by atoms with van der Waals surface area (Å²) in [5, 5.41) is 2.83. The summed E-state index contributed by atoms with van der Waals surface area (Å²) in [6.45, 7) is 6.68. The van der Waals surface area contributed by atoms with Gasteiger partial charge in [-0.3, -0.25) is 9.78 Å². The zero-order valence-corrected chi connectivity index (χ0v) is 10.7. The molecule has 1 amide bonds. The standard InChI is InChI=1S/C13H21N3O/c1-13(2,3)7-10(8-14)12(17)16-11-5-4-6-15-9-11/h4-6,9-10H,7-8,14H2,1-3H3,(H,16,17). The smallest absolute Gasteiger partial charge is 0.228 e. The first kappa shape index (κ1) is 13.6. The van der Waals surface area contributed by atoms with Crippen LogP contribution < -0.4 is 11.1 Å². The van der Waals surface area contributed by atoms with Gasteiger partial charge in [-0.25, -0.2) is 0 Å². The predicted octanol–water partition coefficient (Wildman–Crippen LogP) is 2.03. The molecule has 0 aliphatic carbocycles. The van der Waals surface area contributed by atoms with Crippen molar-refractivity contribution in [1.82, 2.24) is 4.98 Å². The highest BCUT2D eigenvalue weighted by atomic mass is 16.1. The van der Waals surface area contributed by atoms with Crippen LogP contribution >= 0.6 is 0 Å². The number of aromatic nitrogens is 1. The third-order valence-electron chi connectivity index (χ3n) is 2.44. The molecule has 4 nitrogen and oxygen atoms in total. The topological polar surface area (TPSA) is 68.0 Å².